The normalized spacial score (nSPS) is 20.3. The Balaban J connectivity index is 1.77. The molecule has 0 spiro atoms. The van der Waals surface area contributed by atoms with Gasteiger partial charge >= 0.3 is 0 Å². The largest absolute Gasteiger partial charge is 0.389 e. The van der Waals surface area contributed by atoms with E-state index in [0.29, 0.717) is 6.54 Å². The van der Waals surface area contributed by atoms with Gasteiger partial charge in [0.2, 0.25) is 0 Å². The molecule has 1 aromatic rings. The molecule has 4 heteroatoms. The van der Waals surface area contributed by atoms with Gasteiger partial charge in [-0.05, 0) is 25.5 Å². The van der Waals surface area contributed by atoms with Crippen molar-refractivity contribution < 1.29 is 5.11 Å². The van der Waals surface area contributed by atoms with Crippen molar-refractivity contribution >= 4 is 5.69 Å². The summed E-state index contributed by atoms with van der Waals surface area (Å²) in [5, 5.41) is 9.92. The second-order valence-corrected chi connectivity index (χ2v) is 5.62. The lowest BCUT2D eigenvalue weighted by atomic mass is 10.0. The van der Waals surface area contributed by atoms with Crippen LogP contribution in [0.15, 0.2) is 30.3 Å². The van der Waals surface area contributed by atoms with Crippen LogP contribution >= 0.6 is 0 Å². The van der Waals surface area contributed by atoms with Crippen LogP contribution in [0.2, 0.25) is 0 Å². The molecule has 1 fully saturated rings. The van der Waals surface area contributed by atoms with E-state index in [2.05, 4.69) is 40.1 Å². The molecule has 1 saturated heterocycles. The Labute approximate surface area is 115 Å². The molecule has 1 unspecified atom stereocenters. The number of piperazine rings is 1. The fourth-order valence-electron chi connectivity index (χ4n) is 2.37. The summed E-state index contributed by atoms with van der Waals surface area (Å²) < 4.78 is 0. The van der Waals surface area contributed by atoms with E-state index in [0.717, 1.165) is 39.1 Å². The predicted octanol–water partition coefficient (Wildman–Crippen LogP) is 0.908. The van der Waals surface area contributed by atoms with Gasteiger partial charge in [-0.15, -0.1) is 0 Å². The highest BCUT2D eigenvalue weighted by Crippen LogP contribution is 2.16. The average molecular weight is 263 g/mol. The van der Waals surface area contributed by atoms with Gasteiger partial charge in [0.05, 0.1) is 5.60 Å². The minimum atomic E-state index is -0.726. The van der Waals surface area contributed by atoms with E-state index in [9.17, 15) is 5.11 Å². The fraction of sp³-hybridized carbons (Fsp3) is 0.600. The molecule has 1 aromatic carbocycles. The summed E-state index contributed by atoms with van der Waals surface area (Å²) in [7, 11) is 0. The molecule has 0 aliphatic carbocycles. The third-order valence-electron chi connectivity index (χ3n) is 3.90. The van der Waals surface area contributed by atoms with Crippen LogP contribution in [0, 0.1) is 0 Å². The smallest absolute Gasteiger partial charge is 0.0753 e. The van der Waals surface area contributed by atoms with Crippen LogP contribution in [-0.4, -0.2) is 54.9 Å². The highest BCUT2D eigenvalue weighted by molar-refractivity contribution is 5.46. The van der Waals surface area contributed by atoms with Gasteiger partial charge in [0.25, 0.3) is 0 Å². The topological polar surface area (TPSA) is 52.7 Å². The number of benzene rings is 1. The van der Waals surface area contributed by atoms with E-state index < -0.39 is 5.60 Å². The molecule has 4 nitrogen and oxygen atoms in total. The minimum Gasteiger partial charge on any atom is -0.389 e. The van der Waals surface area contributed by atoms with Crippen molar-refractivity contribution in [2.24, 2.45) is 5.73 Å². The van der Waals surface area contributed by atoms with Crippen LogP contribution in [0.1, 0.15) is 13.3 Å². The first-order chi connectivity index (χ1) is 9.11. The standard InChI is InChI=1S/C15H25N3O/c1-15(19,13-16)7-8-17-9-11-18(12-10-17)14-5-3-2-4-6-14/h2-6,19H,7-13,16H2,1H3. The third kappa shape index (κ3) is 4.20. The van der Waals surface area contributed by atoms with Gasteiger partial charge in [-0.1, -0.05) is 18.2 Å². The van der Waals surface area contributed by atoms with Gasteiger partial charge in [0.1, 0.15) is 0 Å². The maximum absolute atomic E-state index is 9.92. The second-order valence-electron chi connectivity index (χ2n) is 5.62. The van der Waals surface area contributed by atoms with Crippen LogP contribution in [-0.2, 0) is 0 Å². The van der Waals surface area contributed by atoms with E-state index in [4.69, 9.17) is 5.73 Å². The lowest BCUT2D eigenvalue weighted by molar-refractivity contribution is 0.0470. The van der Waals surface area contributed by atoms with Gasteiger partial charge in [0, 0.05) is 45.0 Å². The molecule has 0 amide bonds. The van der Waals surface area contributed by atoms with Crippen LogP contribution in [0.5, 0.6) is 0 Å². The second kappa shape index (κ2) is 6.37. The molecule has 2 rings (SSSR count). The SMILES string of the molecule is CC(O)(CN)CCN1CCN(c2ccccc2)CC1. The highest BCUT2D eigenvalue weighted by atomic mass is 16.3. The first kappa shape index (κ1) is 14.3. The molecule has 19 heavy (non-hydrogen) atoms. The zero-order valence-corrected chi connectivity index (χ0v) is 11.8. The van der Waals surface area contributed by atoms with Crippen molar-refractivity contribution in [2.75, 3.05) is 44.2 Å². The summed E-state index contributed by atoms with van der Waals surface area (Å²) in [6.45, 7) is 7.27. The summed E-state index contributed by atoms with van der Waals surface area (Å²) in [5.74, 6) is 0. The van der Waals surface area contributed by atoms with Gasteiger partial charge in [-0.25, -0.2) is 0 Å². The summed E-state index contributed by atoms with van der Waals surface area (Å²) in [6, 6.07) is 10.5. The quantitative estimate of drug-likeness (QED) is 0.829. The number of hydrogen-bond acceptors (Lipinski definition) is 4. The zero-order chi connectivity index (χ0) is 13.7. The molecule has 1 aliphatic heterocycles. The number of anilines is 1. The van der Waals surface area contributed by atoms with Gasteiger partial charge in [0.15, 0.2) is 0 Å². The van der Waals surface area contributed by atoms with Crippen molar-refractivity contribution in [3.05, 3.63) is 30.3 Å². The maximum atomic E-state index is 9.92. The molecule has 0 aromatic heterocycles. The fourth-order valence-corrected chi connectivity index (χ4v) is 2.37. The summed E-state index contributed by atoms with van der Waals surface area (Å²) in [5.41, 5.74) is 6.12. The van der Waals surface area contributed by atoms with E-state index in [-0.39, 0.29) is 0 Å². The number of nitrogens with zero attached hydrogens (tertiary/aromatic N) is 2. The molecule has 0 saturated carbocycles. The Morgan fingerprint density at radius 2 is 1.79 bits per heavy atom. The van der Waals surface area contributed by atoms with Crippen molar-refractivity contribution in [3.63, 3.8) is 0 Å². The molecule has 3 N–H and O–H groups in total. The van der Waals surface area contributed by atoms with Crippen LogP contribution < -0.4 is 10.6 Å². The number of aliphatic hydroxyl groups is 1. The first-order valence-electron chi connectivity index (χ1n) is 7.05. The number of rotatable bonds is 5. The number of hydrogen-bond donors (Lipinski definition) is 2. The van der Waals surface area contributed by atoms with Gasteiger partial charge < -0.3 is 15.7 Å². The predicted molar refractivity (Wildman–Crippen MR) is 79.4 cm³/mol. The Kier molecular flexibility index (Phi) is 4.80. The lowest BCUT2D eigenvalue weighted by Crippen LogP contribution is -2.48. The molecule has 1 heterocycles. The zero-order valence-electron chi connectivity index (χ0n) is 11.8. The lowest BCUT2D eigenvalue weighted by Gasteiger charge is -2.37. The molecule has 0 radical (unpaired) electrons. The molecular formula is C15H25N3O. The highest BCUT2D eigenvalue weighted by Gasteiger charge is 2.22. The molecular weight excluding hydrogens is 238 g/mol. The van der Waals surface area contributed by atoms with Crippen molar-refractivity contribution in [1.29, 1.82) is 0 Å². The van der Waals surface area contributed by atoms with Crippen LogP contribution in [0.25, 0.3) is 0 Å². The van der Waals surface area contributed by atoms with Crippen LogP contribution in [0.4, 0.5) is 5.69 Å². The summed E-state index contributed by atoms with van der Waals surface area (Å²) in [6.07, 6.45) is 0.745. The average Bonchev–Trinajstić information content (AvgIpc) is 2.47. The monoisotopic (exact) mass is 263 g/mol. The Morgan fingerprint density at radius 3 is 2.37 bits per heavy atom. The van der Waals surface area contributed by atoms with E-state index in [1.807, 2.05) is 6.92 Å². The third-order valence-corrected chi connectivity index (χ3v) is 3.90. The number of nitrogens with two attached hydrogens (primary N) is 1. The minimum absolute atomic E-state index is 0.330. The summed E-state index contributed by atoms with van der Waals surface area (Å²) >= 11 is 0. The van der Waals surface area contributed by atoms with Crippen LogP contribution in [0.3, 0.4) is 0 Å². The van der Waals surface area contributed by atoms with Gasteiger partial charge in [-0.3, -0.25) is 4.90 Å². The molecule has 1 atom stereocenters. The molecule has 0 bridgehead atoms. The van der Waals surface area contributed by atoms with E-state index >= 15 is 0 Å². The van der Waals surface area contributed by atoms with Crippen molar-refractivity contribution in [1.82, 2.24) is 4.90 Å². The van der Waals surface area contributed by atoms with Crippen molar-refractivity contribution in [3.8, 4) is 0 Å². The summed E-state index contributed by atoms with van der Waals surface area (Å²) in [4.78, 5) is 4.82. The van der Waals surface area contributed by atoms with Gasteiger partial charge in [-0.2, -0.15) is 0 Å². The molecule has 106 valence electrons. The Morgan fingerprint density at radius 1 is 1.16 bits per heavy atom. The first-order valence-corrected chi connectivity index (χ1v) is 7.05. The Bertz CT molecular complexity index is 372. The molecule has 1 aliphatic rings. The Hall–Kier alpha value is -1.10. The van der Waals surface area contributed by atoms with E-state index in [1.54, 1.807) is 0 Å². The number of para-hydroxylation sites is 1. The maximum Gasteiger partial charge on any atom is 0.0753 e. The van der Waals surface area contributed by atoms with Crippen molar-refractivity contribution in [2.45, 2.75) is 18.9 Å². The van der Waals surface area contributed by atoms with E-state index in [1.165, 1.54) is 5.69 Å².